The standard InChI is InChI=1S/C7H13NO2/c9-8(10)6-5-7-3-1-2-4-7/h7H,1-6H2. The van der Waals surface area contributed by atoms with Gasteiger partial charge in [0.2, 0.25) is 6.54 Å². The summed E-state index contributed by atoms with van der Waals surface area (Å²) in [5.74, 6) is 0.658. The van der Waals surface area contributed by atoms with Gasteiger partial charge in [0.05, 0.1) is 0 Å². The van der Waals surface area contributed by atoms with Gasteiger partial charge in [0.15, 0.2) is 0 Å². The first-order chi connectivity index (χ1) is 4.79. The number of hydrogen-bond acceptors (Lipinski definition) is 2. The van der Waals surface area contributed by atoms with Crippen LogP contribution in [0.3, 0.4) is 0 Å². The summed E-state index contributed by atoms with van der Waals surface area (Å²) in [6, 6.07) is 0. The Bertz CT molecular complexity index is 119. The quantitative estimate of drug-likeness (QED) is 0.447. The minimum absolute atomic E-state index is 0.171. The maximum absolute atomic E-state index is 9.96. The molecule has 0 spiro atoms. The second kappa shape index (κ2) is 3.54. The molecule has 1 aliphatic carbocycles. The molecule has 58 valence electrons. The molecule has 1 aliphatic rings. The molecule has 1 fully saturated rings. The Balaban J connectivity index is 2.07. The molecule has 0 aliphatic heterocycles. The van der Waals surface area contributed by atoms with E-state index in [4.69, 9.17) is 0 Å². The Morgan fingerprint density at radius 3 is 2.50 bits per heavy atom. The third-order valence-electron chi connectivity index (χ3n) is 2.19. The molecule has 0 N–H and O–H groups in total. The lowest BCUT2D eigenvalue weighted by atomic mass is 10.1. The van der Waals surface area contributed by atoms with E-state index < -0.39 is 0 Å². The molecule has 3 heteroatoms. The molecule has 0 radical (unpaired) electrons. The lowest BCUT2D eigenvalue weighted by Gasteiger charge is -2.02. The van der Waals surface area contributed by atoms with Crippen LogP contribution in [0.1, 0.15) is 32.1 Å². The van der Waals surface area contributed by atoms with Crippen LogP contribution < -0.4 is 0 Å². The van der Waals surface area contributed by atoms with Gasteiger partial charge in [-0.05, 0) is 5.92 Å². The Morgan fingerprint density at radius 2 is 2.00 bits per heavy atom. The summed E-state index contributed by atoms with van der Waals surface area (Å²) in [4.78, 5) is 9.75. The summed E-state index contributed by atoms with van der Waals surface area (Å²) >= 11 is 0. The van der Waals surface area contributed by atoms with E-state index in [0.29, 0.717) is 5.92 Å². The second-order valence-corrected chi connectivity index (χ2v) is 3.00. The van der Waals surface area contributed by atoms with Gasteiger partial charge in [0.1, 0.15) is 0 Å². The van der Waals surface area contributed by atoms with E-state index in [0.717, 1.165) is 6.42 Å². The van der Waals surface area contributed by atoms with Gasteiger partial charge in [-0.25, -0.2) is 0 Å². The predicted molar refractivity (Wildman–Crippen MR) is 38.4 cm³/mol. The van der Waals surface area contributed by atoms with Crippen molar-refractivity contribution < 1.29 is 4.92 Å². The molecule has 0 aromatic carbocycles. The van der Waals surface area contributed by atoms with Gasteiger partial charge < -0.3 is 0 Å². The van der Waals surface area contributed by atoms with Crippen molar-refractivity contribution in [2.45, 2.75) is 32.1 Å². The van der Waals surface area contributed by atoms with Crippen LogP contribution in [0.4, 0.5) is 0 Å². The van der Waals surface area contributed by atoms with Crippen molar-refractivity contribution in [1.82, 2.24) is 0 Å². The molecule has 0 heterocycles. The fraction of sp³-hybridized carbons (Fsp3) is 1.00. The highest BCUT2D eigenvalue weighted by Gasteiger charge is 2.16. The van der Waals surface area contributed by atoms with Crippen LogP contribution in [0.25, 0.3) is 0 Å². The topological polar surface area (TPSA) is 43.1 Å². The lowest BCUT2D eigenvalue weighted by molar-refractivity contribution is -0.481. The average molecular weight is 143 g/mol. The minimum Gasteiger partial charge on any atom is -0.265 e. The van der Waals surface area contributed by atoms with Crippen LogP contribution in [0.5, 0.6) is 0 Å². The van der Waals surface area contributed by atoms with Crippen molar-refractivity contribution >= 4 is 0 Å². The van der Waals surface area contributed by atoms with Crippen molar-refractivity contribution in [2.24, 2.45) is 5.92 Å². The van der Waals surface area contributed by atoms with E-state index in [1.165, 1.54) is 25.7 Å². The highest BCUT2D eigenvalue weighted by atomic mass is 16.6. The molecule has 10 heavy (non-hydrogen) atoms. The normalized spacial score (nSPS) is 19.6. The number of hydrogen-bond donors (Lipinski definition) is 0. The summed E-state index contributed by atoms with van der Waals surface area (Å²) in [6.45, 7) is 0.171. The van der Waals surface area contributed by atoms with Gasteiger partial charge in [0, 0.05) is 11.3 Å². The molecule has 3 nitrogen and oxygen atoms in total. The Kier molecular flexibility index (Phi) is 2.66. The molecule has 0 amide bonds. The van der Waals surface area contributed by atoms with Crippen molar-refractivity contribution in [3.05, 3.63) is 10.1 Å². The van der Waals surface area contributed by atoms with Gasteiger partial charge in [-0.2, -0.15) is 0 Å². The molecule has 1 saturated carbocycles. The highest BCUT2D eigenvalue weighted by molar-refractivity contribution is 4.66. The smallest absolute Gasteiger partial charge is 0.204 e. The Labute approximate surface area is 60.6 Å². The first-order valence-corrected chi connectivity index (χ1v) is 3.91. The van der Waals surface area contributed by atoms with Gasteiger partial charge in [-0.3, -0.25) is 10.1 Å². The summed E-state index contributed by atoms with van der Waals surface area (Å²) in [5.41, 5.74) is 0. The second-order valence-electron chi connectivity index (χ2n) is 3.00. The van der Waals surface area contributed by atoms with E-state index in [-0.39, 0.29) is 11.5 Å². The van der Waals surface area contributed by atoms with E-state index in [1.807, 2.05) is 0 Å². The molecular weight excluding hydrogens is 130 g/mol. The van der Waals surface area contributed by atoms with Crippen molar-refractivity contribution in [1.29, 1.82) is 0 Å². The third-order valence-corrected chi connectivity index (χ3v) is 2.19. The SMILES string of the molecule is O=[N+]([O-])CCC1CCCC1. The highest BCUT2D eigenvalue weighted by Crippen LogP contribution is 2.27. The fourth-order valence-electron chi connectivity index (χ4n) is 1.59. The molecule has 0 saturated heterocycles. The number of nitro groups is 1. The largest absolute Gasteiger partial charge is 0.265 e. The van der Waals surface area contributed by atoms with Crippen molar-refractivity contribution in [3.63, 3.8) is 0 Å². The van der Waals surface area contributed by atoms with Crippen LogP contribution >= 0.6 is 0 Å². The number of nitrogens with zero attached hydrogens (tertiary/aromatic N) is 1. The maximum atomic E-state index is 9.96. The average Bonchev–Trinajstić information content (AvgIpc) is 2.34. The minimum atomic E-state index is -0.210. The molecule has 0 unspecified atom stereocenters. The van der Waals surface area contributed by atoms with Crippen LogP contribution in [0.15, 0.2) is 0 Å². The summed E-state index contributed by atoms with van der Waals surface area (Å²) in [7, 11) is 0. The fourth-order valence-corrected chi connectivity index (χ4v) is 1.59. The van der Waals surface area contributed by atoms with E-state index in [9.17, 15) is 10.1 Å². The molecular formula is C7H13NO2. The molecule has 1 rings (SSSR count). The van der Waals surface area contributed by atoms with Gasteiger partial charge in [0.25, 0.3) is 0 Å². The van der Waals surface area contributed by atoms with E-state index in [1.54, 1.807) is 0 Å². The third kappa shape index (κ3) is 2.33. The maximum Gasteiger partial charge on any atom is 0.204 e. The van der Waals surface area contributed by atoms with Crippen LogP contribution in [0, 0.1) is 16.0 Å². The monoisotopic (exact) mass is 143 g/mol. The first-order valence-electron chi connectivity index (χ1n) is 3.91. The zero-order chi connectivity index (χ0) is 7.40. The lowest BCUT2D eigenvalue weighted by Crippen LogP contribution is -2.05. The van der Waals surface area contributed by atoms with Gasteiger partial charge >= 0.3 is 0 Å². The predicted octanol–water partition coefficient (Wildman–Crippen LogP) is 1.84. The summed E-state index contributed by atoms with van der Waals surface area (Å²) < 4.78 is 0. The van der Waals surface area contributed by atoms with Crippen LogP contribution in [-0.4, -0.2) is 11.5 Å². The zero-order valence-corrected chi connectivity index (χ0v) is 6.08. The van der Waals surface area contributed by atoms with E-state index in [2.05, 4.69) is 0 Å². The van der Waals surface area contributed by atoms with Gasteiger partial charge in [-0.15, -0.1) is 0 Å². The Hall–Kier alpha value is -0.600. The molecule has 0 bridgehead atoms. The molecule has 0 aromatic rings. The van der Waals surface area contributed by atoms with Crippen molar-refractivity contribution in [2.75, 3.05) is 6.54 Å². The van der Waals surface area contributed by atoms with Gasteiger partial charge in [-0.1, -0.05) is 25.7 Å². The molecule has 0 atom stereocenters. The summed E-state index contributed by atoms with van der Waals surface area (Å²) in [6.07, 6.45) is 5.79. The first kappa shape index (κ1) is 7.51. The molecule has 0 aromatic heterocycles. The number of rotatable bonds is 3. The van der Waals surface area contributed by atoms with E-state index >= 15 is 0 Å². The van der Waals surface area contributed by atoms with Crippen molar-refractivity contribution in [3.8, 4) is 0 Å². The Morgan fingerprint density at radius 1 is 1.40 bits per heavy atom. The zero-order valence-electron chi connectivity index (χ0n) is 6.08. The van der Waals surface area contributed by atoms with Crippen LogP contribution in [-0.2, 0) is 0 Å². The van der Waals surface area contributed by atoms with Crippen LogP contribution in [0.2, 0.25) is 0 Å². The summed E-state index contributed by atoms with van der Waals surface area (Å²) in [5, 5.41) is 9.96.